The minimum absolute atomic E-state index is 0.312. The molecule has 0 bridgehead atoms. The van der Waals surface area contributed by atoms with Gasteiger partial charge in [0.15, 0.2) is 0 Å². The van der Waals surface area contributed by atoms with E-state index in [2.05, 4.69) is 6.92 Å². The minimum Gasteiger partial charge on any atom is -0.378 e. The molecule has 0 aliphatic carbocycles. The van der Waals surface area contributed by atoms with Gasteiger partial charge in [-0.1, -0.05) is 13.3 Å². The van der Waals surface area contributed by atoms with Crippen LogP contribution in [0.15, 0.2) is 0 Å². The Morgan fingerprint density at radius 1 is 1.35 bits per heavy atom. The second kappa shape index (κ2) is 8.48. The number of nitrogens with two attached hydrogens (primary N) is 1. The van der Waals surface area contributed by atoms with Crippen molar-refractivity contribution < 1.29 is 9.53 Å². The van der Waals surface area contributed by atoms with Crippen molar-refractivity contribution in [2.45, 2.75) is 51.6 Å². The van der Waals surface area contributed by atoms with Gasteiger partial charge in [0.25, 0.3) is 0 Å². The molecular weight excluding hydrogens is 216 g/mol. The van der Waals surface area contributed by atoms with E-state index in [1.54, 1.807) is 0 Å². The van der Waals surface area contributed by atoms with E-state index in [1.807, 2.05) is 4.90 Å². The quantitative estimate of drug-likeness (QED) is 0.689. The molecule has 0 saturated carbocycles. The maximum Gasteiger partial charge on any atom is 0.222 e. The lowest BCUT2D eigenvalue weighted by molar-refractivity contribution is -0.133. The van der Waals surface area contributed by atoms with Crippen molar-refractivity contribution in [1.82, 2.24) is 4.90 Å². The number of ether oxygens (including phenoxy) is 1. The average molecular weight is 242 g/mol. The SMILES string of the molecule is CCCCC(=O)N1CCC(OCCCN)CC1. The summed E-state index contributed by atoms with van der Waals surface area (Å²) in [4.78, 5) is 13.8. The molecule has 0 atom stereocenters. The first-order chi connectivity index (χ1) is 8.27. The third-order valence-electron chi connectivity index (χ3n) is 3.24. The summed E-state index contributed by atoms with van der Waals surface area (Å²) in [5.41, 5.74) is 5.42. The Kier molecular flexibility index (Phi) is 7.21. The normalized spacial score (nSPS) is 17.4. The molecule has 1 amide bonds. The van der Waals surface area contributed by atoms with Crippen LogP contribution in [0.3, 0.4) is 0 Å². The first kappa shape index (κ1) is 14.5. The molecule has 1 aliphatic rings. The highest BCUT2D eigenvalue weighted by Crippen LogP contribution is 2.15. The van der Waals surface area contributed by atoms with Crippen LogP contribution in [0.5, 0.6) is 0 Å². The van der Waals surface area contributed by atoms with Gasteiger partial charge < -0.3 is 15.4 Å². The predicted molar refractivity (Wildman–Crippen MR) is 68.8 cm³/mol. The summed E-state index contributed by atoms with van der Waals surface area (Å²) in [6, 6.07) is 0. The van der Waals surface area contributed by atoms with Crippen molar-refractivity contribution >= 4 is 5.91 Å². The van der Waals surface area contributed by atoms with Crippen LogP contribution in [0, 0.1) is 0 Å². The molecule has 1 aliphatic heterocycles. The van der Waals surface area contributed by atoms with Crippen LogP contribution in [0.1, 0.15) is 45.4 Å². The lowest BCUT2D eigenvalue weighted by atomic mass is 10.1. The maximum atomic E-state index is 11.8. The zero-order valence-corrected chi connectivity index (χ0v) is 11.0. The Morgan fingerprint density at radius 2 is 2.06 bits per heavy atom. The molecule has 0 aromatic heterocycles. The molecule has 0 unspecified atom stereocenters. The van der Waals surface area contributed by atoms with E-state index in [1.165, 1.54) is 0 Å². The van der Waals surface area contributed by atoms with Gasteiger partial charge in [0, 0.05) is 26.1 Å². The summed E-state index contributed by atoms with van der Waals surface area (Å²) in [6.07, 6.45) is 6.00. The van der Waals surface area contributed by atoms with Crippen LogP contribution in [0.4, 0.5) is 0 Å². The van der Waals surface area contributed by atoms with Crippen LogP contribution >= 0.6 is 0 Å². The van der Waals surface area contributed by atoms with E-state index in [0.29, 0.717) is 25.0 Å². The van der Waals surface area contributed by atoms with Gasteiger partial charge >= 0.3 is 0 Å². The standard InChI is InChI=1S/C13H26N2O2/c1-2-3-5-13(16)15-9-6-12(7-10-15)17-11-4-8-14/h12H,2-11,14H2,1H3. The number of hydrogen-bond donors (Lipinski definition) is 1. The fourth-order valence-electron chi connectivity index (χ4n) is 2.09. The Morgan fingerprint density at radius 3 is 2.65 bits per heavy atom. The third-order valence-corrected chi connectivity index (χ3v) is 3.24. The van der Waals surface area contributed by atoms with Crippen molar-refractivity contribution in [3.05, 3.63) is 0 Å². The Bertz CT molecular complexity index is 213. The number of rotatable bonds is 7. The lowest BCUT2D eigenvalue weighted by Crippen LogP contribution is -2.40. The lowest BCUT2D eigenvalue weighted by Gasteiger charge is -2.32. The van der Waals surface area contributed by atoms with Gasteiger partial charge in [0.2, 0.25) is 5.91 Å². The van der Waals surface area contributed by atoms with Gasteiger partial charge in [-0.15, -0.1) is 0 Å². The first-order valence-electron chi connectivity index (χ1n) is 6.87. The highest BCUT2D eigenvalue weighted by atomic mass is 16.5. The van der Waals surface area contributed by atoms with Gasteiger partial charge in [-0.3, -0.25) is 4.79 Å². The van der Waals surface area contributed by atoms with Crippen molar-refractivity contribution in [2.75, 3.05) is 26.2 Å². The molecule has 0 aromatic rings. The van der Waals surface area contributed by atoms with Crippen LogP contribution in [-0.2, 0) is 9.53 Å². The average Bonchev–Trinajstić information content (AvgIpc) is 2.37. The summed E-state index contributed by atoms with van der Waals surface area (Å²) < 4.78 is 5.71. The predicted octanol–water partition coefficient (Wildman–Crippen LogP) is 1.53. The van der Waals surface area contributed by atoms with Gasteiger partial charge in [-0.25, -0.2) is 0 Å². The van der Waals surface area contributed by atoms with E-state index in [4.69, 9.17) is 10.5 Å². The fraction of sp³-hybridized carbons (Fsp3) is 0.923. The fourth-order valence-corrected chi connectivity index (χ4v) is 2.09. The summed E-state index contributed by atoms with van der Waals surface area (Å²) in [5.74, 6) is 0.312. The Balaban J connectivity index is 2.14. The number of hydrogen-bond acceptors (Lipinski definition) is 3. The van der Waals surface area contributed by atoms with Crippen LogP contribution in [0.2, 0.25) is 0 Å². The van der Waals surface area contributed by atoms with Crippen molar-refractivity contribution in [3.8, 4) is 0 Å². The zero-order chi connectivity index (χ0) is 12.5. The highest BCUT2D eigenvalue weighted by molar-refractivity contribution is 5.76. The molecule has 1 fully saturated rings. The van der Waals surface area contributed by atoms with Crippen molar-refractivity contribution in [2.24, 2.45) is 5.73 Å². The summed E-state index contributed by atoms with van der Waals surface area (Å²) >= 11 is 0. The monoisotopic (exact) mass is 242 g/mol. The molecule has 17 heavy (non-hydrogen) atoms. The van der Waals surface area contributed by atoms with Gasteiger partial charge in [-0.2, -0.15) is 0 Å². The number of amides is 1. The molecule has 4 nitrogen and oxygen atoms in total. The second-order valence-corrected chi connectivity index (χ2v) is 4.70. The van der Waals surface area contributed by atoms with Gasteiger partial charge in [0.05, 0.1) is 6.10 Å². The number of carbonyl (C=O) groups is 1. The van der Waals surface area contributed by atoms with E-state index in [-0.39, 0.29) is 0 Å². The highest BCUT2D eigenvalue weighted by Gasteiger charge is 2.22. The summed E-state index contributed by atoms with van der Waals surface area (Å²) in [7, 11) is 0. The minimum atomic E-state index is 0.312. The number of likely N-dealkylation sites (tertiary alicyclic amines) is 1. The maximum absolute atomic E-state index is 11.8. The van der Waals surface area contributed by atoms with Crippen LogP contribution in [-0.4, -0.2) is 43.2 Å². The number of nitrogens with zero attached hydrogens (tertiary/aromatic N) is 1. The Labute approximate surface area is 104 Å². The summed E-state index contributed by atoms with van der Waals surface area (Å²) in [5, 5.41) is 0. The van der Waals surface area contributed by atoms with E-state index in [9.17, 15) is 4.79 Å². The number of carbonyl (C=O) groups excluding carboxylic acids is 1. The zero-order valence-electron chi connectivity index (χ0n) is 11.0. The summed E-state index contributed by atoms with van der Waals surface area (Å²) in [6.45, 7) is 5.27. The molecule has 0 spiro atoms. The largest absolute Gasteiger partial charge is 0.378 e. The van der Waals surface area contributed by atoms with Crippen molar-refractivity contribution in [3.63, 3.8) is 0 Å². The van der Waals surface area contributed by atoms with Crippen LogP contribution < -0.4 is 5.73 Å². The van der Waals surface area contributed by atoms with E-state index >= 15 is 0 Å². The molecule has 0 radical (unpaired) electrons. The van der Waals surface area contributed by atoms with Gasteiger partial charge in [-0.05, 0) is 32.2 Å². The number of unbranched alkanes of at least 4 members (excludes halogenated alkanes) is 1. The molecule has 1 rings (SSSR count). The molecule has 1 heterocycles. The van der Waals surface area contributed by atoms with Crippen molar-refractivity contribution in [1.29, 1.82) is 0 Å². The first-order valence-corrected chi connectivity index (χ1v) is 6.87. The second-order valence-electron chi connectivity index (χ2n) is 4.70. The molecule has 100 valence electrons. The topological polar surface area (TPSA) is 55.6 Å². The molecule has 4 heteroatoms. The van der Waals surface area contributed by atoms with Crippen LogP contribution in [0.25, 0.3) is 0 Å². The van der Waals surface area contributed by atoms with Gasteiger partial charge in [0.1, 0.15) is 0 Å². The number of piperidine rings is 1. The molecule has 0 aromatic carbocycles. The smallest absolute Gasteiger partial charge is 0.222 e. The molecule has 1 saturated heterocycles. The molecular formula is C13H26N2O2. The van der Waals surface area contributed by atoms with E-state index < -0.39 is 0 Å². The third kappa shape index (κ3) is 5.50. The van der Waals surface area contributed by atoms with E-state index in [0.717, 1.165) is 51.8 Å². The Hall–Kier alpha value is -0.610. The molecule has 2 N–H and O–H groups in total.